The molecule has 6 rings (SSSR count). The van der Waals surface area contributed by atoms with Crippen molar-refractivity contribution >= 4 is 28.8 Å². The first-order chi connectivity index (χ1) is 17.6. The molecule has 8 nitrogen and oxygen atoms in total. The van der Waals surface area contributed by atoms with E-state index in [1.807, 2.05) is 36.5 Å². The van der Waals surface area contributed by atoms with Crippen molar-refractivity contribution in [1.82, 2.24) is 19.4 Å². The third-order valence-corrected chi connectivity index (χ3v) is 7.24. The summed E-state index contributed by atoms with van der Waals surface area (Å²) in [5, 5.41) is 4.22. The first kappa shape index (κ1) is 22.8. The molecule has 2 aromatic carbocycles. The van der Waals surface area contributed by atoms with E-state index in [1.165, 1.54) is 0 Å². The van der Waals surface area contributed by atoms with Gasteiger partial charge in [0.05, 0.1) is 7.11 Å². The van der Waals surface area contributed by atoms with Gasteiger partial charge in [0.15, 0.2) is 0 Å². The summed E-state index contributed by atoms with van der Waals surface area (Å²) in [6, 6.07) is 16.1. The molecule has 1 saturated heterocycles. The average molecular weight is 502 g/mol. The van der Waals surface area contributed by atoms with Crippen molar-refractivity contribution in [2.75, 3.05) is 57.1 Å². The third-order valence-electron chi connectivity index (χ3n) is 6.91. The quantitative estimate of drug-likeness (QED) is 0.453. The molecule has 1 fully saturated rings. The number of aromatic nitrogens is 3. The molecule has 4 heterocycles. The van der Waals surface area contributed by atoms with Crippen LogP contribution in [0.2, 0.25) is 5.02 Å². The van der Waals surface area contributed by atoms with E-state index in [0.717, 1.165) is 79.0 Å². The lowest BCUT2D eigenvalue weighted by Gasteiger charge is -2.34. The van der Waals surface area contributed by atoms with E-state index in [4.69, 9.17) is 26.3 Å². The molecule has 184 valence electrons. The lowest BCUT2D eigenvalue weighted by molar-refractivity contribution is 0.313. The molecule has 0 amide bonds. The van der Waals surface area contributed by atoms with Crippen LogP contribution in [0.1, 0.15) is 0 Å². The first-order valence-electron chi connectivity index (χ1n) is 12.2. The van der Waals surface area contributed by atoms with Crippen LogP contribution in [0, 0.1) is 0 Å². The van der Waals surface area contributed by atoms with Gasteiger partial charge in [-0.2, -0.15) is 4.98 Å². The SMILES string of the molecule is COc1ccc(N2CCN(C)CC2)cc1N=c1ncc2cc(-c3ccccc3Cl)c3n(c-2n1)CCN3. The number of anilines is 2. The average Bonchev–Trinajstić information content (AvgIpc) is 3.40. The minimum Gasteiger partial charge on any atom is -0.494 e. The van der Waals surface area contributed by atoms with Crippen LogP contribution in [0.5, 0.6) is 5.75 Å². The molecule has 4 aliphatic rings. The highest BCUT2D eigenvalue weighted by Gasteiger charge is 2.23. The maximum atomic E-state index is 6.53. The summed E-state index contributed by atoms with van der Waals surface area (Å²) >= 11 is 6.53. The summed E-state index contributed by atoms with van der Waals surface area (Å²) in [7, 11) is 3.82. The number of nitrogens with one attached hydrogen (secondary N) is 1. The Balaban J connectivity index is 1.44. The van der Waals surface area contributed by atoms with E-state index in [1.54, 1.807) is 7.11 Å². The Labute approximate surface area is 215 Å². The van der Waals surface area contributed by atoms with Gasteiger partial charge in [-0.05, 0) is 37.4 Å². The van der Waals surface area contributed by atoms with Crippen LogP contribution in [-0.4, -0.2) is 66.3 Å². The highest BCUT2D eigenvalue weighted by Crippen LogP contribution is 2.39. The van der Waals surface area contributed by atoms with E-state index in [0.29, 0.717) is 16.4 Å². The maximum Gasteiger partial charge on any atom is 0.252 e. The molecule has 0 bridgehead atoms. The van der Waals surface area contributed by atoms with Gasteiger partial charge in [-0.3, -0.25) is 0 Å². The number of ether oxygens (including phenoxy) is 1. The van der Waals surface area contributed by atoms with Gasteiger partial charge in [0.1, 0.15) is 23.1 Å². The molecule has 0 unspecified atom stereocenters. The molecular formula is C27H28ClN7O. The van der Waals surface area contributed by atoms with Gasteiger partial charge >= 0.3 is 0 Å². The number of hydrogen-bond donors (Lipinski definition) is 1. The topological polar surface area (TPSA) is 70.8 Å². The molecule has 9 heteroatoms. The number of nitrogens with zero attached hydrogens (tertiary/aromatic N) is 6. The zero-order valence-electron chi connectivity index (χ0n) is 20.4. The molecule has 0 saturated carbocycles. The largest absolute Gasteiger partial charge is 0.494 e. The van der Waals surface area contributed by atoms with Gasteiger partial charge in [0.2, 0.25) is 0 Å². The molecule has 0 spiro atoms. The molecule has 1 N–H and O–H groups in total. The van der Waals surface area contributed by atoms with E-state index in [9.17, 15) is 0 Å². The number of benzene rings is 2. The van der Waals surface area contributed by atoms with E-state index < -0.39 is 0 Å². The van der Waals surface area contributed by atoms with Crippen molar-refractivity contribution in [2.24, 2.45) is 4.99 Å². The number of likely N-dealkylation sites (N-methyl/N-ethyl adjacent to an activating group) is 1. The Morgan fingerprint density at radius 2 is 1.83 bits per heavy atom. The number of pyridine rings is 1. The van der Waals surface area contributed by atoms with E-state index in [-0.39, 0.29) is 0 Å². The molecule has 0 atom stereocenters. The molecule has 4 aliphatic heterocycles. The van der Waals surface area contributed by atoms with Gasteiger partial charge in [-0.15, -0.1) is 0 Å². The van der Waals surface area contributed by atoms with Crippen molar-refractivity contribution in [2.45, 2.75) is 6.54 Å². The van der Waals surface area contributed by atoms with Gasteiger partial charge in [0.25, 0.3) is 5.62 Å². The smallest absolute Gasteiger partial charge is 0.252 e. The van der Waals surface area contributed by atoms with Crippen molar-refractivity contribution in [3.8, 4) is 28.3 Å². The van der Waals surface area contributed by atoms with Crippen molar-refractivity contribution in [3.05, 3.63) is 65.4 Å². The summed E-state index contributed by atoms with van der Waals surface area (Å²) in [6.45, 7) is 5.69. The number of hydrogen-bond acceptors (Lipinski definition) is 7. The van der Waals surface area contributed by atoms with Crippen LogP contribution in [0.15, 0.2) is 59.7 Å². The van der Waals surface area contributed by atoms with E-state index >= 15 is 0 Å². The Morgan fingerprint density at radius 1 is 1.00 bits per heavy atom. The molecular weight excluding hydrogens is 474 g/mol. The Morgan fingerprint density at radius 3 is 2.64 bits per heavy atom. The number of halogens is 1. The van der Waals surface area contributed by atoms with Gasteiger partial charge in [0, 0.05) is 72.9 Å². The number of piperazine rings is 1. The van der Waals surface area contributed by atoms with Crippen LogP contribution in [0.3, 0.4) is 0 Å². The number of rotatable bonds is 4. The van der Waals surface area contributed by atoms with Crippen molar-refractivity contribution in [1.29, 1.82) is 0 Å². The fourth-order valence-electron chi connectivity index (χ4n) is 4.93. The first-order valence-corrected chi connectivity index (χ1v) is 12.5. The maximum absolute atomic E-state index is 6.53. The highest BCUT2D eigenvalue weighted by molar-refractivity contribution is 6.33. The van der Waals surface area contributed by atoms with Gasteiger partial charge in [-0.25, -0.2) is 9.98 Å². The lowest BCUT2D eigenvalue weighted by atomic mass is 10.0. The zero-order chi connectivity index (χ0) is 24.6. The van der Waals surface area contributed by atoms with Crippen LogP contribution < -0.4 is 20.6 Å². The summed E-state index contributed by atoms with van der Waals surface area (Å²) in [5.41, 5.74) is 5.23. The Kier molecular flexibility index (Phi) is 5.99. The number of fused-ring (bicyclic) bond motifs is 3. The van der Waals surface area contributed by atoms with Crippen LogP contribution in [0.25, 0.3) is 22.5 Å². The monoisotopic (exact) mass is 501 g/mol. The molecule has 36 heavy (non-hydrogen) atoms. The minimum atomic E-state index is 0.406. The van der Waals surface area contributed by atoms with Gasteiger partial charge < -0.3 is 24.4 Å². The predicted octanol–water partition coefficient (Wildman–Crippen LogP) is 4.12. The molecule has 0 radical (unpaired) electrons. The third kappa shape index (κ3) is 4.16. The summed E-state index contributed by atoms with van der Waals surface area (Å²) in [5.74, 6) is 2.55. The van der Waals surface area contributed by atoms with Crippen LogP contribution >= 0.6 is 11.6 Å². The summed E-state index contributed by atoms with van der Waals surface area (Å²) in [6.07, 6.45) is 1.84. The van der Waals surface area contributed by atoms with Crippen LogP contribution in [-0.2, 0) is 6.54 Å². The van der Waals surface area contributed by atoms with Crippen LogP contribution in [0.4, 0.5) is 17.2 Å². The fraction of sp³-hybridized carbons (Fsp3) is 0.296. The Bertz CT molecular complexity index is 1460. The molecule has 0 aromatic heterocycles. The summed E-state index contributed by atoms with van der Waals surface area (Å²) in [4.78, 5) is 19.0. The fourth-order valence-corrected chi connectivity index (χ4v) is 5.17. The van der Waals surface area contributed by atoms with E-state index in [2.05, 4.69) is 49.9 Å². The zero-order valence-corrected chi connectivity index (χ0v) is 21.2. The van der Waals surface area contributed by atoms with Crippen molar-refractivity contribution < 1.29 is 4.74 Å². The second-order valence-corrected chi connectivity index (χ2v) is 9.58. The lowest BCUT2D eigenvalue weighted by Crippen LogP contribution is -2.44. The predicted molar refractivity (Wildman–Crippen MR) is 144 cm³/mol. The normalized spacial score (nSPS) is 16.3. The standard InChI is InChI=1S/C27H28ClN7O/c1-33-11-13-34(14-12-33)19-7-8-24(36-2)23(16-19)31-27-30-17-18-15-21(20-5-3-4-6-22(20)28)26-29-9-10-35(26)25(18)32-27/h3-8,15-17,29H,9-14H2,1-2H3. The second kappa shape index (κ2) is 9.44. The minimum absolute atomic E-state index is 0.406. The highest BCUT2D eigenvalue weighted by atomic mass is 35.5. The second-order valence-electron chi connectivity index (χ2n) is 9.17. The molecule has 2 aromatic rings. The van der Waals surface area contributed by atoms with Crippen molar-refractivity contribution in [3.63, 3.8) is 0 Å². The molecule has 0 aliphatic carbocycles. The summed E-state index contributed by atoms with van der Waals surface area (Å²) < 4.78 is 7.80. The number of methoxy groups -OCH3 is 1. The van der Waals surface area contributed by atoms with Gasteiger partial charge in [-0.1, -0.05) is 29.8 Å². The Hall–Kier alpha value is -3.62.